The Kier molecular flexibility index (Phi) is 6.62. The zero-order chi connectivity index (χ0) is 12.7. The molecular weight excluding hydrogens is 210 g/mol. The van der Waals surface area contributed by atoms with Crippen LogP contribution in [0, 0.1) is 23.7 Å². The predicted molar refractivity (Wildman–Crippen MR) is 72.9 cm³/mol. The molecule has 1 heterocycles. The first-order valence-corrected chi connectivity index (χ1v) is 6.89. The summed E-state index contributed by atoms with van der Waals surface area (Å²) < 4.78 is 5.63. The fourth-order valence-electron chi connectivity index (χ4n) is 2.16. The van der Waals surface area contributed by atoms with Crippen molar-refractivity contribution < 1.29 is 4.74 Å². The van der Waals surface area contributed by atoms with Gasteiger partial charge in [0.25, 0.3) is 0 Å². The highest BCUT2D eigenvalue weighted by atomic mass is 16.5. The fraction of sp³-hybridized carbons (Fsp3) is 0.867. The Morgan fingerprint density at radius 2 is 1.82 bits per heavy atom. The number of rotatable bonds is 4. The van der Waals surface area contributed by atoms with E-state index in [4.69, 9.17) is 4.74 Å². The van der Waals surface area contributed by atoms with E-state index in [0.717, 1.165) is 12.5 Å². The van der Waals surface area contributed by atoms with Crippen molar-refractivity contribution in [3.63, 3.8) is 0 Å². The van der Waals surface area contributed by atoms with Gasteiger partial charge in [-0.15, -0.1) is 0 Å². The lowest BCUT2D eigenvalue weighted by Crippen LogP contribution is -2.39. The van der Waals surface area contributed by atoms with Crippen LogP contribution in [-0.4, -0.2) is 37.2 Å². The quantitative estimate of drug-likeness (QED) is 0.551. The van der Waals surface area contributed by atoms with Gasteiger partial charge in [-0.1, -0.05) is 25.7 Å². The van der Waals surface area contributed by atoms with Crippen LogP contribution in [0.3, 0.4) is 0 Å². The summed E-state index contributed by atoms with van der Waals surface area (Å²) in [6, 6.07) is 0.689. The molecule has 1 fully saturated rings. The average Bonchev–Trinajstić information content (AvgIpc) is 2.29. The van der Waals surface area contributed by atoms with Crippen LogP contribution in [-0.2, 0) is 4.74 Å². The predicted octanol–water partition coefficient (Wildman–Crippen LogP) is 2.78. The van der Waals surface area contributed by atoms with E-state index in [1.54, 1.807) is 0 Å². The van der Waals surface area contributed by atoms with E-state index in [1.807, 2.05) is 0 Å². The van der Waals surface area contributed by atoms with Crippen LogP contribution in [0.2, 0.25) is 0 Å². The summed E-state index contributed by atoms with van der Waals surface area (Å²) in [5.41, 5.74) is 0. The summed E-state index contributed by atoms with van der Waals surface area (Å²) in [5, 5.41) is 0. The number of hydrogen-bond acceptors (Lipinski definition) is 2. The van der Waals surface area contributed by atoms with Gasteiger partial charge in [-0.3, -0.25) is 0 Å². The standard InChI is InChI=1S/C15H27NO/c1-13(2)6-5-11-17-12-15-7-9-16(10-8-15)14(3)4/h13-15H,7-12H2,1-4H3. The second-order valence-corrected chi connectivity index (χ2v) is 5.56. The van der Waals surface area contributed by atoms with Crippen LogP contribution in [0.4, 0.5) is 0 Å². The summed E-state index contributed by atoms with van der Waals surface area (Å²) in [4.78, 5) is 2.55. The lowest BCUT2D eigenvalue weighted by Gasteiger charge is -2.34. The van der Waals surface area contributed by atoms with Crippen LogP contribution < -0.4 is 0 Å². The number of nitrogens with zero attached hydrogens (tertiary/aromatic N) is 1. The largest absolute Gasteiger partial charge is 0.368 e. The van der Waals surface area contributed by atoms with Crippen LogP contribution >= 0.6 is 0 Å². The molecule has 2 heteroatoms. The molecule has 0 amide bonds. The number of hydrogen-bond donors (Lipinski definition) is 0. The monoisotopic (exact) mass is 237 g/mol. The summed E-state index contributed by atoms with van der Waals surface area (Å²) in [5.74, 6) is 7.38. The Morgan fingerprint density at radius 3 is 2.35 bits per heavy atom. The van der Waals surface area contributed by atoms with Crippen LogP contribution in [0.25, 0.3) is 0 Å². The van der Waals surface area contributed by atoms with Crippen molar-refractivity contribution in [1.82, 2.24) is 4.90 Å². The Labute approximate surface area is 107 Å². The third kappa shape index (κ3) is 6.10. The molecule has 2 nitrogen and oxygen atoms in total. The van der Waals surface area contributed by atoms with Crippen molar-refractivity contribution in [3.05, 3.63) is 0 Å². The third-order valence-corrected chi connectivity index (χ3v) is 3.30. The minimum Gasteiger partial charge on any atom is -0.368 e. The molecule has 0 aromatic heterocycles. The Bertz CT molecular complexity index is 254. The third-order valence-electron chi connectivity index (χ3n) is 3.30. The van der Waals surface area contributed by atoms with Gasteiger partial charge in [0.05, 0.1) is 6.61 Å². The Morgan fingerprint density at radius 1 is 1.18 bits per heavy atom. The van der Waals surface area contributed by atoms with Crippen molar-refractivity contribution >= 4 is 0 Å². The summed E-state index contributed by atoms with van der Waals surface area (Å²) in [7, 11) is 0. The lowest BCUT2D eigenvalue weighted by atomic mass is 9.97. The smallest absolute Gasteiger partial charge is 0.107 e. The zero-order valence-corrected chi connectivity index (χ0v) is 11.8. The van der Waals surface area contributed by atoms with Gasteiger partial charge >= 0.3 is 0 Å². The lowest BCUT2D eigenvalue weighted by molar-refractivity contribution is 0.0745. The molecule has 17 heavy (non-hydrogen) atoms. The summed E-state index contributed by atoms with van der Waals surface area (Å²) in [6.45, 7) is 12.7. The molecule has 1 saturated heterocycles. The molecule has 1 rings (SSSR count). The van der Waals surface area contributed by atoms with Crippen molar-refractivity contribution in [2.75, 3.05) is 26.3 Å². The zero-order valence-electron chi connectivity index (χ0n) is 11.8. The maximum atomic E-state index is 5.63. The highest BCUT2D eigenvalue weighted by Crippen LogP contribution is 2.18. The molecule has 0 aliphatic carbocycles. The molecule has 0 saturated carbocycles. The molecule has 0 spiro atoms. The van der Waals surface area contributed by atoms with Gasteiger partial charge in [0.2, 0.25) is 0 Å². The van der Waals surface area contributed by atoms with Crippen LogP contribution in [0.5, 0.6) is 0 Å². The van der Waals surface area contributed by atoms with E-state index >= 15 is 0 Å². The maximum absolute atomic E-state index is 5.63. The van der Waals surface area contributed by atoms with Crippen LogP contribution in [0.15, 0.2) is 0 Å². The average molecular weight is 237 g/mol. The van der Waals surface area contributed by atoms with E-state index in [0.29, 0.717) is 18.6 Å². The van der Waals surface area contributed by atoms with Gasteiger partial charge in [-0.05, 0) is 45.7 Å². The van der Waals surface area contributed by atoms with Gasteiger partial charge < -0.3 is 9.64 Å². The molecule has 1 aliphatic rings. The number of ether oxygens (including phenoxy) is 1. The van der Waals surface area contributed by atoms with Crippen molar-refractivity contribution in [2.24, 2.45) is 11.8 Å². The summed E-state index contributed by atoms with van der Waals surface area (Å²) >= 11 is 0. The van der Waals surface area contributed by atoms with E-state index in [9.17, 15) is 0 Å². The molecule has 0 bridgehead atoms. The van der Waals surface area contributed by atoms with Crippen LogP contribution in [0.1, 0.15) is 40.5 Å². The van der Waals surface area contributed by atoms with Gasteiger partial charge in [-0.25, -0.2) is 0 Å². The SMILES string of the molecule is CC(C)C#CCOCC1CCN(C(C)C)CC1. The highest BCUT2D eigenvalue weighted by molar-refractivity contribution is 5.01. The first-order valence-electron chi connectivity index (χ1n) is 6.89. The molecule has 1 aliphatic heterocycles. The van der Waals surface area contributed by atoms with E-state index in [2.05, 4.69) is 44.4 Å². The minimum absolute atomic E-state index is 0.452. The molecule has 98 valence electrons. The first-order chi connectivity index (χ1) is 8.09. The molecule has 0 N–H and O–H groups in total. The van der Waals surface area contributed by atoms with Crippen molar-refractivity contribution in [3.8, 4) is 11.8 Å². The highest BCUT2D eigenvalue weighted by Gasteiger charge is 2.20. The van der Waals surface area contributed by atoms with E-state index < -0.39 is 0 Å². The van der Waals surface area contributed by atoms with Crippen molar-refractivity contribution in [2.45, 2.75) is 46.6 Å². The van der Waals surface area contributed by atoms with E-state index in [-0.39, 0.29) is 0 Å². The minimum atomic E-state index is 0.452. The topological polar surface area (TPSA) is 12.5 Å². The second kappa shape index (κ2) is 7.74. The molecule has 0 aromatic rings. The van der Waals surface area contributed by atoms with Gasteiger partial charge in [0.15, 0.2) is 0 Å². The molecule has 0 radical (unpaired) electrons. The maximum Gasteiger partial charge on any atom is 0.107 e. The molecule has 0 atom stereocenters. The van der Waals surface area contributed by atoms with Crippen molar-refractivity contribution in [1.29, 1.82) is 0 Å². The van der Waals surface area contributed by atoms with E-state index in [1.165, 1.54) is 25.9 Å². The Hall–Kier alpha value is -0.520. The number of likely N-dealkylation sites (tertiary alicyclic amines) is 1. The summed E-state index contributed by atoms with van der Waals surface area (Å²) in [6.07, 6.45) is 2.55. The molecular formula is C15H27NO. The fourth-order valence-corrected chi connectivity index (χ4v) is 2.16. The molecule has 0 aromatic carbocycles. The second-order valence-electron chi connectivity index (χ2n) is 5.56. The van der Waals surface area contributed by atoms with Gasteiger partial charge in [0.1, 0.15) is 6.61 Å². The first kappa shape index (κ1) is 14.5. The van der Waals surface area contributed by atoms with Gasteiger partial charge in [-0.2, -0.15) is 0 Å². The normalized spacial score (nSPS) is 18.5. The number of piperidine rings is 1. The Balaban J connectivity index is 2.09. The van der Waals surface area contributed by atoms with Gasteiger partial charge in [0, 0.05) is 12.0 Å². The molecule has 0 unspecified atom stereocenters.